The van der Waals surface area contributed by atoms with Crippen LogP contribution in [0.5, 0.6) is 0 Å². The van der Waals surface area contributed by atoms with E-state index in [-0.39, 0.29) is 0 Å². The van der Waals surface area contributed by atoms with E-state index in [2.05, 4.69) is 4.98 Å². The molecule has 0 amide bonds. The van der Waals surface area contributed by atoms with E-state index in [1.807, 2.05) is 30.3 Å². The van der Waals surface area contributed by atoms with Crippen LogP contribution in [0.1, 0.15) is 10.5 Å². The normalized spacial score (nSPS) is 10.1. The quantitative estimate of drug-likeness (QED) is 0.751. The number of rotatable bonds is 2. The molecule has 1 aromatic carbocycles. The Hall–Kier alpha value is -1.54. The smallest absolute Gasteiger partial charge is 0.166 e. The molecule has 1 heterocycles. The molecule has 0 saturated carbocycles. The highest BCUT2D eigenvalue weighted by Gasteiger charge is 2.00. The van der Waals surface area contributed by atoms with Crippen molar-refractivity contribution in [3.8, 4) is 11.3 Å². The van der Waals surface area contributed by atoms with E-state index in [1.165, 1.54) is 0 Å². The lowest BCUT2D eigenvalue weighted by Gasteiger charge is -1.97. The Morgan fingerprint density at radius 1 is 1.07 bits per heavy atom. The van der Waals surface area contributed by atoms with Crippen molar-refractivity contribution < 1.29 is 4.79 Å². The number of aromatic amines is 1. The van der Waals surface area contributed by atoms with Gasteiger partial charge in [0, 0.05) is 10.7 Å². The number of aldehydes is 1. The molecule has 14 heavy (non-hydrogen) atoms. The predicted molar refractivity (Wildman–Crippen MR) is 56.6 cm³/mol. The molecule has 1 N–H and O–H groups in total. The van der Waals surface area contributed by atoms with Gasteiger partial charge in [-0.25, -0.2) is 0 Å². The molecule has 0 bridgehead atoms. The molecule has 2 nitrogen and oxygen atoms in total. The lowest BCUT2D eigenvalue weighted by Crippen LogP contribution is -1.80. The molecular weight excluding hydrogens is 198 g/mol. The zero-order chi connectivity index (χ0) is 9.97. The summed E-state index contributed by atoms with van der Waals surface area (Å²) < 4.78 is 0. The maximum absolute atomic E-state index is 10.5. The van der Waals surface area contributed by atoms with Gasteiger partial charge in [-0.3, -0.25) is 4.79 Å². The average molecular weight is 206 g/mol. The number of carbonyl (C=O) groups is 1. The van der Waals surface area contributed by atoms with Gasteiger partial charge in [0.15, 0.2) is 6.29 Å². The van der Waals surface area contributed by atoms with Crippen LogP contribution in [-0.2, 0) is 0 Å². The standard InChI is InChI=1S/C11H8ClNO/c12-9-3-1-8(2-4-9)11-6-5-10(7-14)13-11/h1-7,13H. The second-order valence-corrected chi connectivity index (χ2v) is 3.39. The summed E-state index contributed by atoms with van der Waals surface area (Å²) in [6.07, 6.45) is 0.791. The van der Waals surface area contributed by atoms with Crippen molar-refractivity contribution >= 4 is 17.9 Å². The van der Waals surface area contributed by atoms with Gasteiger partial charge < -0.3 is 4.98 Å². The van der Waals surface area contributed by atoms with Crippen molar-refractivity contribution in [2.75, 3.05) is 0 Å². The van der Waals surface area contributed by atoms with Crippen molar-refractivity contribution in [1.82, 2.24) is 4.98 Å². The van der Waals surface area contributed by atoms with E-state index in [9.17, 15) is 4.79 Å². The minimum Gasteiger partial charge on any atom is -0.352 e. The maximum atomic E-state index is 10.5. The first-order chi connectivity index (χ1) is 6.79. The van der Waals surface area contributed by atoms with Crippen molar-refractivity contribution in [3.63, 3.8) is 0 Å². The van der Waals surface area contributed by atoms with Gasteiger partial charge in [0.1, 0.15) is 0 Å². The fourth-order valence-electron chi connectivity index (χ4n) is 1.28. The number of carbonyl (C=O) groups excluding carboxylic acids is 1. The molecule has 0 atom stereocenters. The van der Waals surface area contributed by atoms with Crippen LogP contribution < -0.4 is 0 Å². The van der Waals surface area contributed by atoms with Gasteiger partial charge in [-0.15, -0.1) is 0 Å². The van der Waals surface area contributed by atoms with Crippen LogP contribution in [0.3, 0.4) is 0 Å². The summed E-state index contributed by atoms with van der Waals surface area (Å²) in [4.78, 5) is 13.4. The van der Waals surface area contributed by atoms with E-state index in [4.69, 9.17) is 11.6 Å². The average Bonchev–Trinajstić information content (AvgIpc) is 2.67. The van der Waals surface area contributed by atoms with Crippen LogP contribution in [0.4, 0.5) is 0 Å². The first-order valence-electron chi connectivity index (χ1n) is 4.20. The molecule has 0 saturated heterocycles. The molecule has 2 rings (SSSR count). The molecule has 0 radical (unpaired) electrons. The number of hydrogen-bond donors (Lipinski definition) is 1. The molecule has 0 fully saturated rings. The number of hydrogen-bond acceptors (Lipinski definition) is 1. The molecule has 70 valence electrons. The Morgan fingerprint density at radius 3 is 2.36 bits per heavy atom. The summed E-state index contributed by atoms with van der Waals surface area (Å²) in [7, 11) is 0. The Kier molecular flexibility index (Phi) is 2.37. The highest BCUT2D eigenvalue weighted by molar-refractivity contribution is 6.30. The summed E-state index contributed by atoms with van der Waals surface area (Å²) in [5, 5.41) is 0.705. The van der Waals surface area contributed by atoms with Crippen molar-refractivity contribution in [2.45, 2.75) is 0 Å². The number of aromatic nitrogens is 1. The van der Waals surface area contributed by atoms with E-state index in [0.717, 1.165) is 17.5 Å². The second-order valence-electron chi connectivity index (χ2n) is 2.95. The minimum absolute atomic E-state index is 0.579. The van der Waals surface area contributed by atoms with Crippen molar-refractivity contribution in [2.24, 2.45) is 0 Å². The third-order valence-electron chi connectivity index (χ3n) is 1.99. The molecule has 3 heteroatoms. The minimum atomic E-state index is 0.579. The van der Waals surface area contributed by atoms with Crippen LogP contribution in [-0.4, -0.2) is 11.3 Å². The summed E-state index contributed by atoms with van der Waals surface area (Å²) in [6.45, 7) is 0. The van der Waals surface area contributed by atoms with E-state index >= 15 is 0 Å². The van der Waals surface area contributed by atoms with Crippen molar-refractivity contribution in [1.29, 1.82) is 0 Å². The summed E-state index contributed by atoms with van der Waals surface area (Å²) in [5.74, 6) is 0. The molecule has 0 unspecified atom stereocenters. The molecule has 0 aliphatic heterocycles. The fourth-order valence-corrected chi connectivity index (χ4v) is 1.40. The highest BCUT2D eigenvalue weighted by Crippen LogP contribution is 2.20. The maximum Gasteiger partial charge on any atom is 0.166 e. The lowest BCUT2D eigenvalue weighted by molar-refractivity contribution is 0.111. The van der Waals surface area contributed by atoms with E-state index in [0.29, 0.717) is 10.7 Å². The number of halogens is 1. The zero-order valence-corrected chi connectivity index (χ0v) is 8.08. The van der Waals surface area contributed by atoms with Gasteiger partial charge in [0.25, 0.3) is 0 Å². The van der Waals surface area contributed by atoms with E-state index < -0.39 is 0 Å². The van der Waals surface area contributed by atoms with Gasteiger partial charge >= 0.3 is 0 Å². The van der Waals surface area contributed by atoms with Gasteiger partial charge in [0.2, 0.25) is 0 Å². The molecule has 2 aromatic rings. The Bertz CT molecular complexity index is 445. The van der Waals surface area contributed by atoms with Crippen molar-refractivity contribution in [3.05, 3.63) is 47.1 Å². The third kappa shape index (κ3) is 1.70. The molecule has 0 aliphatic carbocycles. The predicted octanol–water partition coefficient (Wildman–Crippen LogP) is 3.15. The first-order valence-corrected chi connectivity index (χ1v) is 4.57. The Morgan fingerprint density at radius 2 is 1.79 bits per heavy atom. The number of benzene rings is 1. The molecule has 0 aliphatic rings. The van der Waals surface area contributed by atoms with Crippen LogP contribution in [0.15, 0.2) is 36.4 Å². The Labute approximate surface area is 86.5 Å². The lowest BCUT2D eigenvalue weighted by atomic mass is 10.2. The summed E-state index contributed by atoms with van der Waals surface area (Å²) in [6, 6.07) is 11.1. The van der Waals surface area contributed by atoms with Crippen LogP contribution in [0.2, 0.25) is 5.02 Å². The molecule has 1 aromatic heterocycles. The first kappa shape index (κ1) is 9.03. The van der Waals surface area contributed by atoms with Gasteiger partial charge in [-0.05, 0) is 29.8 Å². The van der Waals surface area contributed by atoms with Gasteiger partial charge in [0.05, 0.1) is 5.69 Å². The summed E-state index contributed by atoms with van der Waals surface area (Å²) in [5.41, 5.74) is 2.52. The third-order valence-corrected chi connectivity index (χ3v) is 2.24. The Balaban J connectivity index is 2.39. The highest BCUT2D eigenvalue weighted by atomic mass is 35.5. The summed E-state index contributed by atoms with van der Waals surface area (Å²) >= 11 is 5.77. The van der Waals surface area contributed by atoms with E-state index in [1.54, 1.807) is 6.07 Å². The largest absolute Gasteiger partial charge is 0.352 e. The second kappa shape index (κ2) is 3.68. The van der Waals surface area contributed by atoms with Crippen LogP contribution in [0, 0.1) is 0 Å². The van der Waals surface area contributed by atoms with Crippen LogP contribution in [0.25, 0.3) is 11.3 Å². The van der Waals surface area contributed by atoms with Gasteiger partial charge in [-0.2, -0.15) is 0 Å². The zero-order valence-electron chi connectivity index (χ0n) is 7.33. The SMILES string of the molecule is O=Cc1ccc(-c2ccc(Cl)cc2)[nH]1. The number of nitrogens with one attached hydrogen (secondary N) is 1. The molecule has 0 spiro atoms. The van der Waals surface area contributed by atoms with Crippen LogP contribution >= 0.6 is 11.6 Å². The monoisotopic (exact) mass is 205 g/mol. The number of H-pyrrole nitrogens is 1. The fraction of sp³-hybridized carbons (Fsp3) is 0. The molecular formula is C11H8ClNO. The topological polar surface area (TPSA) is 32.9 Å². The van der Waals surface area contributed by atoms with Gasteiger partial charge in [-0.1, -0.05) is 23.7 Å².